The van der Waals surface area contributed by atoms with Crippen LogP contribution in [0.25, 0.3) is 6.08 Å². The van der Waals surface area contributed by atoms with E-state index in [0.29, 0.717) is 35.6 Å². The van der Waals surface area contributed by atoms with Gasteiger partial charge in [-0.05, 0) is 61.4 Å². The van der Waals surface area contributed by atoms with Gasteiger partial charge in [-0.3, -0.25) is 4.79 Å². The van der Waals surface area contributed by atoms with Crippen molar-refractivity contribution in [2.45, 2.75) is 13.3 Å². The van der Waals surface area contributed by atoms with E-state index in [9.17, 15) is 14.9 Å². The zero-order valence-corrected chi connectivity index (χ0v) is 17.9. The van der Waals surface area contributed by atoms with Crippen LogP contribution >= 0.6 is 0 Å². The maximum absolute atomic E-state index is 12.6. The quantitative estimate of drug-likeness (QED) is 0.312. The van der Waals surface area contributed by atoms with Gasteiger partial charge in [0.15, 0.2) is 18.1 Å². The van der Waals surface area contributed by atoms with E-state index in [4.69, 9.17) is 19.3 Å². The Labute approximate surface area is 186 Å². The summed E-state index contributed by atoms with van der Waals surface area (Å²) in [6, 6.07) is 11.9. The minimum absolute atomic E-state index is 0.121. The van der Waals surface area contributed by atoms with E-state index in [2.05, 4.69) is 11.9 Å². The maximum atomic E-state index is 12.6. The van der Waals surface area contributed by atoms with Crippen molar-refractivity contribution >= 4 is 23.6 Å². The third-order valence-electron chi connectivity index (χ3n) is 4.18. The number of carboxylic acid groups (broad SMARTS) is 1. The van der Waals surface area contributed by atoms with E-state index in [1.807, 2.05) is 13.0 Å². The molecule has 0 aliphatic heterocycles. The predicted octanol–water partition coefficient (Wildman–Crippen LogP) is 3.83. The third kappa shape index (κ3) is 6.64. The van der Waals surface area contributed by atoms with E-state index in [0.717, 1.165) is 0 Å². The van der Waals surface area contributed by atoms with E-state index >= 15 is 0 Å². The lowest BCUT2D eigenvalue weighted by atomic mass is 10.0. The van der Waals surface area contributed by atoms with Crippen molar-refractivity contribution in [2.75, 3.05) is 25.6 Å². The lowest BCUT2D eigenvalue weighted by Crippen LogP contribution is -2.13. The summed E-state index contributed by atoms with van der Waals surface area (Å²) in [5.74, 6) is -0.482. The van der Waals surface area contributed by atoms with Crippen LogP contribution in [-0.4, -0.2) is 37.3 Å². The normalized spacial score (nSPS) is 10.6. The highest BCUT2D eigenvalue weighted by Gasteiger charge is 2.16. The first-order valence-electron chi connectivity index (χ1n) is 9.74. The molecule has 0 saturated carbocycles. The van der Waals surface area contributed by atoms with Crippen molar-refractivity contribution in [3.8, 4) is 23.3 Å². The molecule has 2 rings (SSSR count). The van der Waals surface area contributed by atoms with Gasteiger partial charge >= 0.3 is 5.97 Å². The highest BCUT2D eigenvalue weighted by atomic mass is 16.5. The highest BCUT2D eigenvalue weighted by molar-refractivity contribution is 6.09. The van der Waals surface area contributed by atoms with Crippen LogP contribution < -0.4 is 19.5 Å². The first-order valence-corrected chi connectivity index (χ1v) is 9.74. The molecule has 2 aromatic carbocycles. The molecule has 0 heterocycles. The molecule has 0 radical (unpaired) electrons. The largest absolute Gasteiger partial charge is 0.494 e. The Hall–Kier alpha value is -4.25. The minimum Gasteiger partial charge on any atom is -0.494 e. The summed E-state index contributed by atoms with van der Waals surface area (Å²) in [6.45, 7) is 5.56. The molecule has 0 unspecified atom stereocenters. The van der Waals surface area contributed by atoms with Gasteiger partial charge in [-0.2, -0.15) is 5.26 Å². The molecule has 0 aliphatic rings. The number of nitrogens with zero attached hydrogens (tertiary/aromatic N) is 1. The molecule has 8 nitrogen and oxygen atoms in total. The number of hydrogen-bond donors (Lipinski definition) is 2. The number of rotatable bonds is 11. The second kappa shape index (κ2) is 11.8. The van der Waals surface area contributed by atoms with Crippen molar-refractivity contribution < 1.29 is 28.9 Å². The van der Waals surface area contributed by atoms with Crippen molar-refractivity contribution in [1.82, 2.24) is 0 Å². The Kier molecular flexibility index (Phi) is 8.87. The fourth-order valence-electron chi connectivity index (χ4n) is 2.84. The van der Waals surface area contributed by atoms with E-state index in [-0.39, 0.29) is 17.1 Å². The number of allylic oxidation sites excluding steroid dienone is 1. The van der Waals surface area contributed by atoms with Crippen LogP contribution in [0.5, 0.6) is 17.2 Å². The fourth-order valence-corrected chi connectivity index (χ4v) is 2.84. The highest BCUT2D eigenvalue weighted by Crippen LogP contribution is 2.34. The Morgan fingerprint density at radius 3 is 2.50 bits per heavy atom. The zero-order valence-electron chi connectivity index (χ0n) is 17.9. The number of hydrogen-bond acceptors (Lipinski definition) is 6. The van der Waals surface area contributed by atoms with Crippen LogP contribution in [0.4, 0.5) is 5.69 Å². The molecule has 8 heteroatoms. The monoisotopic (exact) mass is 436 g/mol. The minimum atomic E-state index is -1.13. The lowest BCUT2D eigenvalue weighted by Gasteiger charge is -2.15. The van der Waals surface area contributed by atoms with Gasteiger partial charge in [0.1, 0.15) is 17.4 Å². The Morgan fingerprint density at radius 1 is 1.22 bits per heavy atom. The Balaban J connectivity index is 2.32. The van der Waals surface area contributed by atoms with Gasteiger partial charge in [0.05, 0.1) is 13.7 Å². The van der Waals surface area contributed by atoms with Crippen molar-refractivity contribution in [3.63, 3.8) is 0 Å². The second-order valence-electron chi connectivity index (χ2n) is 6.47. The number of ether oxygens (including phenoxy) is 3. The fraction of sp³-hybridized carbons (Fsp3) is 0.208. The van der Waals surface area contributed by atoms with Gasteiger partial charge in [-0.1, -0.05) is 6.08 Å². The van der Waals surface area contributed by atoms with Gasteiger partial charge in [0.2, 0.25) is 0 Å². The van der Waals surface area contributed by atoms with Gasteiger partial charge in [-0.15, -0.1) is 6.58 Å². The van der Waals surface area contributed by atoms with Gasteiger partial charge < -0.3 is 24.6 Å². The standard InChI is InChI=1S/C24H24N2O6/c1-4-6-17-11-16(13-21(30-3)23(17)32-15-22(27)28)12-18(14-25)24(29)26-19-7-9-20(10-8-19)31-5-2/h4,7-13H,1,5-6,15H2,2-3H3,(H,26,29)(H,27,28)/b18-12-. The number of benzene rings is 2. The molecule has 0 aliphatic carbocycles. The summed E-state index contributed by atoms with van der Waals surface area (Å²) in [4.78, 5) is 23.5. The summed E-state index contributed by atoms with van der Waals surface area (Å²) < 4.78 is 16.1. The summed E-state index contributed by atoms with van der Waals surface area (Å²) in [5.41, 5.74) is 1.52. The van der Waals surface area contributed by atoms with Crippen LogP contribution in [0.15, 0.2) is 54.6 Å². The molecule has 0 atom stereocenters. The number of amides is 1. The SMILES string of the molecule is C=CCc1cc(/C=C(/C#N)C(=O)Nc2ccc(OCC)cc2)cc(OC)c1OCC(=O)O. The summed E-state index contributed by atoms with van der Waals surface area (Å²) in [7, 11) is 1.41. The number of carboxylic acids is 1. The average Bonchev–Trinajstić information content (AvgIpc) is 2.77. The summed E-state index contributed by atoms with van der Waals surface area (Å²) in [6.07, 6.45) is 3.41. The molecule has 2 aromatic rings. The summed E-state index contributed by atoms with van der Waals surface area (Å²) >= 11 is 0. The van der Waals surface area contributed by atoms with E-state index in [1.165, 1.54) is 13.2 Å². The van der Waals surface area contributed by atoms with Crippen LogP contribution in [-0.2, 0) is 16.0 Å². The molecule has 0 bridgehead atoms. The van der Waals surface area contributed by atoms with E-state index < -0.39 is 18.5 Å². The van der Waals surface area contributed by atoms with Crippen LogP contribution in [0, 0.1) is 11.3 Å². The van der Waals surface area contributed by atoms with Crippen LogP contribution in [0.3, 0.4) is 0 Å². The molecule has 0 fully saturated rings. The number of methoxy groups -OCH3 is 1. The molecule has 32 heavy (non-hydrogen) atoms. The average molecular weight is 436 g/mol. The third-order valence-corrected chi connectivity index (χ3v) is 4.18. The molecule has 166 valence electrons. The number of nitrogens with one attached hydrogen (secondary N) is 1. The van der Waals surface area contributed by atoms with Crippen molar-refractivity contribution in [1.29, 1.82) is 5.26 Å². The van der Waals surface area contributed by atoms with Crippen LogP contribution in [0.1, 0.15) is 18.1 Å². The molecule has 2 N–H and O–H groups in total. The number of nitriles is 1. The molecular weight excluding hydrogens is 412 g/mol. The van der Waals surface area contributed by atoms with Crippen molar-refractivity contribution in [2.24, 2.45) is 0 Å². The Bertz CT molecular complexity index is 1050. The van der Waals surface area contributed by atoms with E-state index in [1.54, 1.807) is 42.5 Å². The maximum Gasteiger partial charge on any atom is 0.341 e. The second-order valence-corrected chi connectivity index (χ2v) is 6.47. The number of aliphatic carboxylic acids is 1. The smallest absolute Gasteiger partial charge is 0.341 e. The molecule has 0 spiro atoms. The first-order chi connectivity index (χ1) is 15.4. The van der Waals surface area contributed by atoms with Gasteiger partial charge in [-0.25, -0.2) is 4.79 Å². The van der Waals surface area contributed by atoms with Gasteiger partial charge in [0, 0.05) is 11.3 Å². The lowest BCUT2D eigenvalue weighted by molar-refractivity contribution is -0.139. The molecule has 1 amide bonds. The first kappa shape index (κ1) is 24.0. The molecular formula is C24H24N2O6. The Morgan fingerprint density at radius 2 is 1.94 bits per heavy atom. The van der Waals surface area contributed by atoms with Crippen LogP contribution in [0.2, 0.25) is 0 Å². The number of carbonyl (C=O) groups is 2. The van der Waals surface area contributed by atoms with Crippen molar-refractivity contribution in [3.05, 3.63) is 65.8 Å². The number of carbonyl (C=O) groups excluding carboxylic acids is 1. The topological polar surface area (TPSA) is 118 Å². The summed E-state index contributed by atoms with van der Waals surface area (Å²) in [5, 5.41) is 21.1. The zero-order chi connectivity index (χ0) is 23.5. The van der Waals surface area contributed by atoms with Gasteiger partial charge in [0.25, 0.3) is 5.91 Å². The molecule has 0 saturated heterocycles. The molecule has 0 aromatic heterocycles. The number of anilines is 1. The predicted molar refractivity (Wildman–Crippen MR) is 120 cm³/mol.